The summed E-state index contributed by atoms with van der Waals surface area (Å²) in [6.45, 7) is 5.90. The van der Waals surface area contributed by atoms with Gasteiger partial charge in [-0.1, -0.05) is 26.0 Å². The van der Waals surface area contributed by atoms with E-state index in [4.69, 9.17) is 5.11 Å². The van der Waals surface area contributed by atoms with E-state index in [9.17, 15) is 8.42 Å². The maximum Gasteiger partial charge on any atom is 0.243 e. The summed E-state index contributed by atoms with van der Waals surface area (Å²) in [5.41, 5.74) is 0.603. The summed E-state index contributed by atoms with van der Waals surface area (Å²) in [5.74, 6) is 0.441. The molecule has 0 bridgehead atoms. The minimum absolute atomic E-state index is 0.0530. The van der Waals surface area contributed by atoms with Gasteiger partial charge in [0.05, 0.1) is 11.5 Å². The first kappa shape index (κ1) is 16.1. The third kappa shape index (κ3) is 4.03. The van der Waals surface area contributed by atoms with Crippen molar-refractivity contribution in [2.24, 2.45) is 5.92 Å². The molecule has 4 nitrogen and oxygen atoms in total. The number of rotatable bonds is 6. The van der Waals surface area contributed by atoms with Crippen molar-refractivity contribution in [1.29, 1.82) is 0 Å². The maximum absolute atomic E-state index is 12.5. The standard InChI is InChI=1S/C14H23NO3S/c1-11(2)8-12(3)15(4)19(17,18)14-7-5-6-13(9-14)10-16/h5-7,9,11-12,16H,8,10H2,1-4H3. The number of sulfonamides is 1. The zero-order chi connectivity index (χ0) is 14.6. The lowest BCUT2D eigenvalue weighted by molar-refractivity contribution is 0.281. The van der Waals surface area contributed by atoms with E-state index in [2.05, 4.69) is 13.8 Å². The Kier molecular flexibility index (Phi) is 5.52. The molecule has 1 unspecified atom stereocenters. The van der Waals surface area contributed by atoms with E-state index in [1.54, 1.807) is 25.2 Å². The van der Waals surface area contributed by atoms with Gasteiger partial charge in [0.15, 0.2) is 0 Å². The fourth-order valence-corrected chi connectivity index (χ4v) is 3.48. The first-order valence-corrected chi connectivity index (χ1v) is 7.91. The largest absolute Gasteiger partial charge is 0.392 e. The van der Waals surface area contributed by atoms with Crippen molar-refractivity contribution >= 4 is 10.0 Å². The molecule has 0 spiro atoms. The second-order valence-electron chi connectivity index (χ2n) is 5.31. The third-order valence-electron chi connectivity index (χ3n) is 3.19. The second-order valence-corrected chi connectivity index (χ2v) is 7.30. The molecule has 108 valence electrons. The van der Waals surface area contributed by atoms with Crippen LogP contribution >= 0.6 is 0 Å². The van der Waals surface area contributed by atoms with Gasteiger partial charge in [0.25, 0.3) is 0 Å². The van der Waals surface area contributed by atoms with Crippen molar-refractivity contribution < 1.29 is 13.5 Å². The predicted octanol–water partition coefficient (Wildman–Crippen LogP) is 2.23. The molecule has 1 aromatic carbocycles. The number of benzene rings is 1. The molecule has 1 atom stereocenters. The van der Waals surface area contributed by atoms with Crippen LogP contribution in [0.5, 0.6) is 0 Å². The molecule has 0 fully saturated rings. The molecule has 1 aromatic rings. The summed E-state index contributed by atoms with van der Waals surface area (Å²) in [7, 11) is -1.89. The van der Waals surface area contributed by atoms with Gasteiger partial charge in [-0.15, -0.1) is 0 Å². The second kappa shape index (κ2) is 6.50. The summed E-state index contributed by atoms with van der Waals surface area (Å²) >= 11 is 0. The highest BCUT2D eigenvalue weighted by atomic mass is 32.2. The molecule has 19 heavy (non-hydrogen) atoms. The third-order valence-corrected chi connectivity index (χ3v) is 5.16. The molecule has 0 amide bonds. The Morgan fingerprint density at radius 3 is 2.42 bits per heavy atom. The minimum atomic E-state index is -3.49. The Hall–Kier alpha value is -0.910. The quantitative estimate of drug-likeness (QED) is 0.872. The van der Waals surface area contributed by atoms with Crippen LogP contribution in [0.1, 0.15) is 32.8 Å². The average Bonchev–Trinajstić information content (AvgIpc) is 2.37. The lowest BCUT2D eigenvalue weighted by Crippen LogP contribution is -2.35. The fourth-order valence-electron chi connectivity index (χ4n) is 2.04. The monoisotopic (exact) mass is 285 g/mol. The Balaban J connectivity index is 3.02. The van der Waals surface area contributed by atoms with Crippen LogP contribution in [-0.4, -0.2) is 30.9 Å². The molecule has 0 radical (unpaired) electrons. The fraction of sp³-hybridized carbons (Fsp3) is 0.571. The van der Waals surface area contributed by atoms with E-state index in [0.717, 1.165) is 6.42 Å². The molecule has 0 aromatic heterocycles. The summed E-state index contributed by atoms with van der Waals surface area (Å²) < 4.78 is 26.3. The molecular formula is C14H23NO3S. The van der Waals surface area contributed by atoms with Crippen molar-refractivity contribution in [2.45, 2.75) is 44.7 Å². The molecule has 5 heteroatoms. The Morgan fingerprint density at radius 1 is 1.26 bits per heavy atom. The number of hydrogen-bond acceptors (Lipinski definition) is 3. The first-order chi connectivity index (χ1) is 8.78. The van der Waals surface area contributed by atoms with E-state index in [1.807, 2.05) is 6.92 Å². The van der Waals surface area contributed by atoms with E-state index in [0.29, 0.717) is 11.5 Å². The van der Waals surface area contributed by atoms with Gasteiger partial charge in [-0.05, 0) is 37.0 Å². The molecular weight excluding hydrogens is 262 g/mol. The van der Waals surface area contributed by atoms with Gasteiger partial charge in [-0.25, -0.2) is 8.42 Å². The van der Waals surface area contributed by atoms with Crippen LogP contribution < -0.4 is 0 Å². The van der Waals surface area contributed by atoms with Crippen molar-refractivity contribution in [3.63, 3.8) is 0 Å². The highest BCUT2D eigenvalue weighted by molar-refractivity contribution is 7.89. The van der Waals surface area contributed by atoms with Gasteiger partial charge in [-0.3, -0.25) is 0 Å². The van der Waals surface area contributed by atoms with E-state index >= 15 is 0 Å². The van der Waals surface area contributed by atoms with Gasteiger partial charge in [0.1, 0.15) is 0 Å². The SMILES string of the molecule is CC(C)CC(C)N(C)S(=O)(=O)c1cccc(CO)c1. The van der Waals surface area contributed by atoms with Gasteiger partial charge < -0.3 is 5.11 Å². The zero-order valence-electron chi connectivity index (χ0n) is 12.0. The lowest BCUT2D eigenvalue weighted by atomic mass is 10.1. The Morgan fingerprint density at radius 2 is 1.89 bits per heavy atom. The maximum atomic E-state index is 12.5. The topological polar surface area (TPSA) is 57.6 Å². The van der Waals surface area contributed by atoms with E-state index < -0.39 is 10.0 Å². The summed E-state index contributed by atoms with van der Waals surface area (Å²) in [4.78, 5) is 0.233. The van der Waals surface area contributed by atoms with E-state index in [-0.39, 0.29) is 17.5 Å². The van der Waals surface area contributed by atoms with Crippen molar-refractivity contribution in [3.8, 4) is 0 Å². The number of aliphatic hydroxyl groups is 1. The van der Waals surface area contributed by atoms with Gasteiger partial charge in [0.2, 0.25) is 10.0 Å². The smallest absolute Gasteiger partial charge is 0.243 e. The summed E-state index contributed by atoms with van der Waals surface area (Å²) in [5, 5.41) is 9.09. The molecule has 0 aliphatic heterocycles. The predicted molar refractivity (Wildman–Crippen MR) is 76.2 cm³/mol. The van der Waals surface area contributed by atoms with Crippen LogP contribution in [0, 0.1) is 5.92 Å². The van der Waals surface area contributed by atoms with E-state index in [1.165, 1.54) is 10.4 Å². The minimum Gasteiger partial charge on any atom is -0.392 e. The lowest BCUT2D eigenvalue weighted by Gasteiger charge is -2.25. The molecule has 0 heterocycles. The molecule has 0 aliphatic rings. The van der Waals surface area contributed by atoms with Gasteiger partial charge in [-0.2, -0.15) is 4.31 Å². The molecule has 1 rings (SSSR count). The van der Waals surface area contributed by atoms with Crippen LogP contribution in [0.2, 0.25) is 0 Å². The highest BCUT2D eigenvalue weighted by Gasteiger charge is 2.25. The highest BCUT2D eigenvalue weighted by Crippen LogP contribution is 2.20. The van der Waals surface area contributed by atoms with Crippen LogP contribution in [-0.2, 0) is 16.6 Å². The molecule has 0 aliphatic carbocycles. The summed E-state index contributed by atoms with van der Waals surface area (Å²) in [6.07, 6.45) is 0.815. The van der Waals surface area contributed by atoms with Crippen molar-refractivity contribution in [2.75, 3.05) is 7.05 Å². The van der Waals surface area contributed by atoms with Crippen LogP contribution in [0.15, 0.2) is 29.2 Å². The molecule has 0 saturated carbocycles. The van der Waals surface area contributed by atoms with Crippen LogP contribution in [0.3, 0.4) is 0 Å². The summed E-state index contributed by atoms with van der Waals surface area (Å²) in [6, 6.07) is 6.39. The Bertz CT molecular complexity index is 511. The van der Waals surface area contributed by atoms with Crippen molar-refractivity contribution in [3.05, 3.63) is 29.8 Å². The van der Waals surface area contributed by atoms with Crippen LogP contribution in [0.4, 0.5) is 0 Å². The van der Waals surface area contributed by atoms with Gasteiger partial charge >= 0.3 is 0 Å². The molecule has 0 saturated heterocycles. The number of nitrogens with zero attached hydrogens (tertiary/aromatic N) is 1. The van der Waals surface area contributed by atoms with Crippen molar-refractivity contribution in [1.82, 2.24) is 4.31 Å². The first-order valence-electron chi connectivity index (χ1n) is 6.47. The number of aliphatic hydroxyl groups excluding tert-OH is 1. The normalized spacial score (nSPS) is 14.1. The van der Waals surface area contributed by atoms with Gasteiger partial charge in [0, 0.05) is 13.1 Å². The zero-order valence-corrected chi connectivity index (χ0v) is 12.8. The van der Waals surface area contributed by atoms with Crippen LogP contribution in [0.25, 0.3) is 0 Å². The number of hydrogen-bond donors (Lipinski definition) is 1. The average molecular weight is 285 g/mol. The molecule has 1 N–H and O–H groups in total. The Labute approximate surface area is 116 Å².